The Bertz CT molecular complexity index is 809. The van der Waals surface area contributed by atoms with E-state index in [-0.39, 0.29) is 5.48 Å². The topological polar surface area (TPSA) is 101 Å². The summed E-state index contributed by atoms with van der Waals surface area (Å²) in [4.78, 5) is 13.6. The first kappa shape index (κ1) is 17.1. The highest BCUT2D eigenvalue weighted by molar-refractivity contribution is 6.05. The average molecular weight is 315 g/mol. The molecule has 0 atom stereocenters. The van der Waals surface area contributed by atoms with Gasteiger partial charge in [0, 0.05) is 24.5 Å². The van der Waals surface area contributed by atoms with Crippen LogP contribution in [0.4, 0.5) is 5.82 Å². The van der Waals surface area contributed by atoms with Crippen molar-refractivity contribution in [2.75, 3.05) is 5.73 Å². The Labute approximate surface area is 136 Å². The lowest BCUT2D eigenvalue weighted by atomic mass is 10.2. The maximum absolute atomic E-state index is 6.14. The first-order valence-electron chi connectivity index (χ1n) is 8.01. The zero-order valence-electron chi connectivity index (χ0n) is 14.0. The SMILES string of the molecule is CCCCc1nc2c(N)nc3ncccc3c2n1CC(C)C.O. The number of nitrogens with two attached hydrogens (primary N) is 1. The fourth-order valence-electron chi connectivity index (χ4n) is 2.88. The molecule has 0 aliphatic rings. The maximum atomic E-state index is 6.14. The van der Waals surface area contributed by atoms with Crippen LogP contribution < -0.4 is 5.73 Å². The molecule has 124 valence electrons. The van der Waals surface area contributed by atoms with E-state index < -0.39 is 0 Å². The molecule has 0 spiro atoms. The normalized spacial score (nSPS) is 11.3. The summed E-state index contributed by atoms with van der Waals surface area (Å²) in [5, 5.41) is 1.03. The number of unbranched alkanes of at least 4 members (excludes halogenated alkanes) is 1. The fourth-order valence-corrected chi connectivity index (χ4v) is 2.88. The van der Waals surface area contributed by atoms with Crippen LogP contribution in [0.5, 0.6) is 0 Å². The Balaban J connectivity index is 0.00000192. The fraction of sp³-hybridized carbons (Fsp3) is 0.471. The van der Waals surface area contributed by atoms with Gasteiger partial charge in [-0.1, -0.05) is 27.2 Å². The number of anilines is 1. The van der Waals surface area contributed by atoms with Gasteiger partial charge < -0.3 is 15.8 Å². The summed E-state index contributed by atoms with van der Waals surface area (Å²) in [6.07, 6.45) is 5.01. The standard InChI is InChI=1S/C17H23N5.H2O/c1-4-5-8-13-20-14-15(22(13)10-11(2)3)12-7-6-9-19-17(12)21-16(14)18;/h6-7,9,11H,4-5,8,10H2,1-3H3,(H2,18,19,21);1H2. The third-order valence-electron chi connectivity index (χ3n) is 3.86. The van der Waals surface area contributed by atoms with E-state index in [2.05, 4.69) is 41.4 Å². The highest BCUT2D eigenvalue weighted by atomic mass is 16.0. The molecule has 3 heterocycles. The highest BCUT2D eigenvalue weighted by Gasteiger charge is 2.17. The predicted octanol–water partition coefficient (Wildman–Crippen LogP) is 2.74. The lowest BCUT2D eigenvalue weighted by molar-refractivity contribution is 0.513. The number of rotatable bonds is 5. The number of imidazole rings is 1. The van der Waals surface area contributed by atoms with Crippen molar-refractivity contribution in [3.63, 3.8) is 0 Å². The number of aryl methyl sites for hydroxylation is 1. The molecule has 3 rings (SSSR count). The molecule has 3 aromatic heterocycles. The molecule has 0 saturated carbocycles. The van der Waals surface area contributed by atoms with Gasteiger partial charge in [0.05, 0.1) is 5.52 Å². The van der Waals surface area contributed by atoms with Crippen molar-refractivity contribution in [1.29, 1.82) is 0 Å². The minimum atomic E-state index is 0. The predicted molar refractivity (Wildman–Crippen MR) is 94.3 cm³/mol. The van der Waals surface area contributed by atoms with E-state index >= 15 is 0 Å². The molecule has 0 aromatic carbocycles. The van der Waals surface area contributed by atoms with E-state index in [0.29, 0.717) is 17.4 Å². The van der Waals surface area contributed by atoms with E-state index in [4.69, 9.17) is 10.7 Å². The number of pyridine rings is 2. The molecular weight excluding hydrogens is 290 g/mol. The lowest BCUT2D eigenvalue weighted by Crippen LogP contribution is -2.09. The first-order chi connectivity index (χ1) is 10.6. The Morgan fingerprint density at radius 2 is 2.04 bits per heavy atom. The van der Waals surface area contributed by atoms with Gasteiger partial charge >= 0.3 is 0 Å². The van der Waals surface area contributed by atoms with Crippen LogP contribution >= 0.6 is 0 Å². The number of aromatic nitrogens is 4. The molecule has 0 aliphatic carbocycles. The molecule has 0 unspecified atom stereocenters. The zero-order chi connectivity index (χ0) is 15.7. The van der Waals surface area contributed by atoms with Gasteiger partial charge in [-0.3, -0.25) is 0 Å². The van der Waals surface area contributed by atoms with Crippen molar-refractivity contribution in [1.82, 2.24) is 19.5 Å². The van der Waals surface area contributed by atoms with Gasteiger partial charge in [0.15, 0.2) is 11.5 Å². The van der Waals surface area contributed by atoms with Crippen molar-refractivity contribution in [3.05, 3.63) is 24.2 Å². The van der Waals surface area contributed by atoms with Crippen LogP contribution in [-0.4, -0.2) is 25.0 Å². The van der Waals surface area contributed by atoms with Crippen LogP contribution in [0.25, 0.3) is 22.1 Å². The molecule has 0 radical (unpaired) electrons. The number of hydrogen-bond acceptors (Lipinski definition) is 4. The van der Waals surface area contributed by atoms with Crippen LogP contribution in [0.3, 0.4) is 0 Å². The highest BCUT2D eigenvalue weighted by Crippen LogP contribution is 2.29. The molecule has 0 fully saturated rings. The smallest absolute Gasteiger partial charge is 0.163 e. The van der Waals surface area contributed by atoms with E-state index in [1.54, 1.807) is 6.20 Å². The summed E-state index contributed by atoms with van der Waals surface area (Å²) in [6.45, 7) is 7.58. The third-order valence-corrected chi connectivity index (χ3v) is 3.86. The monoisotopic (exact) mass is 315 g/mol. The van der Waals surface area contributed by atoms with E-state index in [1.807, 2.05) is 6.07 Å². The van der Waals surface area contributed by atoms with Gasteiger partial charge in [0.2, 0.25) is 0 Å². The van der Waals surface area contributed by atoms with E-state index in [0.717, 1.165) is 48.1 Å². The summed E-state index contributed by atoms with van der Waals surface area (Å²) in [5.41, 5.74) is 8.72. The average Bonchev–Trinajstić information content (AvgIpc) is 2.84. The summed E-state index contributed by atoms with van der Waals surface area (Å²) >= 11 is 0. The van der Waals surface area contributed by atoms with Crippen molar-refractivity contribution in [3.8, 4) is 0 Å². The molecule has 4 N–H and O–H groups in total. The van der Waals surface area contributed by atoms with Crippen molar-refractivity contribution in [2.24, 2.45) is 5.92 Å². The second kappa shape index (κ2) is 6.91. The summed E-state index contributed by atoms with van der Waals surface area (Å²) in [6, 6.07) is 4.00. The molecule has 0 saturated heterocycles. The molecule has 6 heteroatoms. The van der Waals surface area contributed by atoms with Crippen molar-refractivity contribution in [2.45, 2.75) is 46.6 Å². The van der Waals surface area contributed by atoms with E-state index in [1.165, 1.54) is 0 Å². The minimum absolute atomic E-state index is 0. The van der Waals surface area contributed by atoms with Crippen LogP contribution in [0.1, 0.15) is 39.4 Å². The lowest BCUT2D eigenvalue weighted by Gasteiger charge is -2.12. The van der Waals surface area contributed by atoms with Crippen molar-refractivity contribution < 1.29 is 5.48 Å². The summed E-state index contributed by atoms with van der Waals surface area (Å²) < 4.78 is 2.32. The van der Waals surface area contributed by atoms with E-state index in [9.17, 15) is 0 Å². The Morgan fingerprint density at radius 1 is 1.26 bits per heavy atom. The van der Waals surface area contributed by atoms with Crippen LogP contribution in [0.15, 0.2) is 18.3 Å². The van der Waals surface area contributed by atoms with Crippen LogP contribution in [-0.2, 0) is 13.0 Å². The first-order valence-corrected chi connectivity index (χ1v) is 8.01. The van der Waals surface area contributed by atoms with Crippen LogP contribution in [0, 0.1) is 5.92 Å². The van der Waals surface area contributed by atoms with Gasteiger partial charge in [0.25, 0.3) is 0 Å². The second-order valence-corrected chi connectivity index (χ2v) is 6.20. The van der Waals surface area contributed by atoms with Gasteiger partial charge in [-0.15, -0.1) is 0 Å². The van der Waals surface area contributed by atoms with Gasteiger partial charge in [-0.2, -0.15) is 0 Å². The molecule has 23 heavy (non-hydrogen) atoms. The number of nitrogens with zero attached hydrogens (tertiary/aromatic N) is 4. The van der Waals surface area contributed by atoms with Gasteiger partial charge in [-0.25, -0.2) is 15.0 Å². The quantitative estimate of drug-likeness (QED) is 0.782. The summed E-state index contributed by atoms with van der Waals surface area (Å²) in [7, 11) is 0. The second-order valence-electron chi connectivity index (χ2n) is 6.20. The third kappa shape index (κ3) is 3.12. The Kier molecular flexibility index (Phi) is 5.15. The number of hydrogen-bond donors (Lipinski definition) is 1. The zero-order valence-corrected chi connectivity index (χ0v) is 14.0. The Hall–Kier alpha value is -2.21. The largest absolute Gasteiger partial charge is 0.412 e. The summed E-state index contributed by atoms with van der Waals surface area (Å²) in [5.74, 6) is 2.12. The van der Waals surface area contributed by atoms with Gasteiger partial charge in [0.1, 0.15) is 11.3 Å². The molecular formula is C17H25N5O. The van der Waals surface area contributed by atoms with Crippen LogP contribution in [0.2, 0.25) is 0 Å². The number of nitrogen functional groups attached to an aromatic ring is 1. The maximum Gasteiger partial charge on any atom is 0.163 e. The molecule has 3 aromatic rings. The molecule has 0 amide bonds. The van der Waals surface area contributed by atoms with Gasteiger partial charge in [-0.05, 0) is 24.5 Å². The molecule has 6 nitrogen and oxygen atoms in total. The number of fused-ring (bicyclic) bond motifs is 3. The minimum Gasteiger partial charge on any atom is -0.412 e. The van der Waals surface area contributed by atoms with Crippen molar-refractivity contribution >= 4 is 27.9 Å². The molecule has 0 aliphatic heterocycles. The molecule has 0 bridgehead atoms. The Morgan fingerprint density at radius 3 is 2.74 bits per heavy atom.